The number of aromatic amines is 1. The second-order valence-corrected chi connectivity index (χ2v) is 7.55. The van der Waals surface area contributed by atoms with Crippen molar-refractivity contribution >= 4 is 21.9 Å². The Morgan fingerprint density at radius 2 is 1.73 bits per heavy atom. The van der Waals surface area contributed by atoms with E-state index in [4.69, 9.17) is 0 Å². The molecule has 0 bridgehead atoms. The molecular formula is C25H23FN4. The number of benzene rings is 3. The van der Waals surface area contributed by atoms with Crippen LogP contribution < -0.4 is 5.32 Å². The summed E-state index contributed by atoms with van der Waals surface area (Å²) in [6.45, 7) is 2.36. The predicted octanol–water partition coefficient (Wildman–Crippen LogP) is 5.04. The highest BCUT2D eigenvalue weighted by molar-refractivity contribution is 5.84. The molecule has 0 aliphatic carbocycles. The van der Waals surface area contributed by atoms with E-state index >= 15 is 0 Å². The number of H-pyrrole nitrogens is 1. The molecule has 150 valence electrons. The van der Waals surface area contributed by atoms with Gasteiger partial charge in [0.1, 0.15) is 11.6 Å². The summed E-state index contributed by atoms with van der Waals surface area (Å²) in [5.74, 6) is 0.799. The van der Waals surface area contributed by atoms with Crippen LogP contribution in [-0.2, 0) is 19.5 Å². The summed E-state index contributed by atoms with van der Waals surface area (Å²) in [5.41, 5.74) is 5.63. The number of nitrogens with zero attached hydrogens (tertiary/aromatic N) is 2. The highest BCUT2D eigenvalue weighted by atomic mass is 19.1. The molecule has 2 heterocycles. The number of hydrogen-bond donors (Lipinski definition) is 2. The third kappa shape index (κ3) is 3.84. The molecule has 0 saturated carbocycles. The van der Waals surface area contributed by atoms with Gasteiger partial charge in [0, 0.05) is 43.2 Å². The van der Waals surface area contributed by atoms with Gasteiger partial charge in [0.2, 0.25) is 0 Å². The van der Waals surface area contributed by atoms with Gasteiger partial charge in [-0.1, -0.05) is 42.5 Å². The molecule has 2 aromatic heterocycles. The highest BCUT2D eigenvalue weighted by Crippen LogP contribution is 2.22. The molecule has 0 unspecified atom stereocenters. The monoisotopic (exact) mass is 398 g/mol. The maximum atomic E-state index is 13.2. The first-order valence-electron chi connectivity index (χ1n) is 10.2. The molecule has 5 heteroatoms. The molecule has 2 N–H and O–H groups in total. The van der Waals surface area contributed by atoms with Crippen LogP contribution in [0.1, 0.15) is 17.0 Å². The van der Waals surface area contributed by atoms with Gasteiger partial charge in [0.05, 0.1) is 11.0 Å². The fraction of sp³-hybridized carbons (Fsp3) is 0.160. The van der Waals surface area contributed by atoms with E-state index in [-0.39, 0.29) is 5.82 Å². The summed E-state index contributed by atoms with van der Waals surface area (Å²) >= 11 is 0. The quantitative estimate of drug-likeness (QED) is 0.378. The van der Waals surface area contributed by atoms with E-state index in [0.29, 0.717) is 0 Å². The van der Waals surface area contributed by atoms with Crippen LogP contribution in [-0.4, -0.2) is 21.1 Å². The van der Waals surface area contributed by atoms with E-state index in [9.17, 15) is 4.39 Å². The lowest BCUT2D eigenvalue weighted by Crippen LogP contribution is -2.17. The molecule has 0 amide bonds. The number of hydrogen-bond acceptors (Lipinski definition) is 2. The van der Waals surface area contributed by atoms with Crippen molar-refractivity contribution in [1.29, 1.82) is 0 Å². The van der Waals surface area contributed by atoms with Gasteiger partial charge in [-0.3, -0.25) is 0 Å². The first kappa shape index (κ1) is 18.6. The van der Waals surface area contributed by atoms with E-state index in [1.807, 2.05) is 30.3 Å². The normalized spacial score (nSPS) is 11.5. The van der Waals surface area contributed by atoms with Crippen LogP contribution in [0.25, 0.3) is 21.9 Å². The van der Waals surface area contributed by atoms with Crippen LogP contribution >= 0.6 is 0 Å². The average molecular weight is 398 g/mol. The van der Waals surface area contributed by atoms with E-state index in [1.54, 1.807) is 0 Å². The Morgan fingerprint density at radius 1 is 0.933 bits per heavy atom. The summed E-state index contributed by atoms with van der Waals surface area (Å²) in [7, 11) is 0. The van der Waals surface area contributed by atoms with Gasteiger partial charge in [-0.05, 0) is 41.5 Å². The number of fused-ring (bicyclic) bond motifs is 2. The number of imidazole rings is 1. The molecule has 0 radical (unpaired) electrons. The molecule has 0 atom stereocenters. The molecule has 5 rings (SSSR count). The Hall–Kier alpha value is -3.44. The second-order valence-electron chi connectivity index (χ2n) is 7.55. The van der Waals surface area contributed by atoms with Gasteiger partial charge in [-0.25, -0.2) is 9.37 Å². The molecule has 4 nitrogen and oxygen atoms in total. The van der Waals surface area contributed by atoms with Crippen molar-refractivity contribution in [1.82, 2.24) is 19.9 Å². The third-order valence-electron chi connectivity index (χ3n) is 5.43. The molecule has 0 aliphatic rings. The summed E-state index contributed by atoms with van der Waals surface area (Å²) in [6.07, 6.45) is 3.05. The van der Waals surface area contributed by atoms with E-state index < -0.39 is 0 Å². The van der Waals surface area contributed by atoms with Crippen molar-refractivity contribution in [2.75, 3.05) is 6.54 Å². The Balaban J connectivity index is 1.27. The topological polar surface area (TPSA) is 45.6 Å². The van der Waals surface area contributed by atoms with Crippen LogP contribution in [0.2, 0.25) is 0 Å². The molecule has 0 spiro atoms. The predicted molar refractivity (Wildman–Crippen MR) is 119 cm³/mol. The molecule has 5 aromatic rings. The van der Waals surface area contributed by atoms with Crippen molar-refractivity contribution in [2.24, 2.45) is 0 Å². The Morgan fingerprint density at radius 3 is 2.60 bits per heavy atom. The molecule has 3 aromatic carbocycles. The fourth-order valence-electron chi connectivity index (χ4n) is 3.93. The summed E-state index contributed by atoms with van der Waals surface area (Å²) in [4.78, 5) is 8.02. The van der Waals surface area contributed by atoms with Crippen LogP contribution in [0.15, 0.2) is 79.0 Å². The zero-order valence-corrected chi connectivity index (χ0v) is 16.6. The van der Waals surface area contributed by atoms with Crippen LogP contribution in [0.5, 0.6) is 0 Å². The Kier molecular flexibility index (Phi) is 5.03. The van der Waals surface area contributed by atoms with Gasteiger partial charge in [-0.2, -0.15) is 0 Å². The third-order valence-corrected chi connectivity index (χ3v) is 5.43. The number of para-hydroxylation sites is 3. The molecule has 0 aliphatic heterocycles. The minimum Gasteiger partial charge on any atom is -0.343 e. The average Bonchev–Trinajstić information content (AvgIpc) is 3.34. The largest absolute Gasteiger partial charge is 0.343 e. The Labute approximate surface area is 174 Å². The van der Waals surface area contributed by atoms with Crippen molar-refractivity contribution in [3.8, 4) is 0 Å². The van der Waals surface area contributed by atoms with Crippen molar-refractivity contribution in [3.63, 3.8) is 0 Å². The van der Waals surface area contributed by atoms with Crippen molar-refractivity contribution in [3.05, 3.63) is 102 Å². The molecule has 0 saturated heterocycles. The van der Waals surface area contributed by atoms with Gasteiger partial charge < -0.3 is 14.9 Å². The summed E-state index contributed by atoms with van der Waals surface area (Å²) < 4.78 is 15.5. The smallest absolute Gasteiger partial charge is 0.123 e. The molecule has 0 fully saturated rings. The highest BCUT2D eigenvalue weighted by Gasteiger charge is 2.09. The SMILES string of the molecule is Fc1ccc(Cn2cc(CNCCc3nc4ccccc4[nH]3)c3ccccc32)cc1. The standard InChI is InChI=1S/C25H23FN4/c26-20-11-9-18(10-12-20)16-30-17-19(21-5-1-4-8-24(21)30)15-27-14-13-25-28-22-6-2-3-7-23(22)29-25/h1-12,17,27H,13-16H2,(H,28,29). The van der Waals surface area contributed by atoms with Gasteiger partial charge in [0.15, 0.2) is 0 Å². The lowest BCUT2D eigenvalue weighted by molar-refractivity contribution is 0.626. The zero-order chi connectivity index (χ0) is 20.3. The first-order valence-corrected chi connectivity index (χ1v) is 10.2. The minimum absolute atomic E-state index is 0.203. The maximum absolute atomic E-state index is 13.2. The Bertz CT molecular complexity index is 1250. The second kappa shape index (κ2) is 8.13. The lowest BCUT2D eigenvalue weighted by Gasteiger charge is -2.05. The fourth-order valence-corrected chi connectivity index (χ4v) is 3.93. The van der Waals surface area contributed by atoms with Crippen LogP contribution in [0.3, 0.4) is 0 Å². The van der Waals surface area contributed by atoms with Crippen molar-refractivity contribution in [2.45, 2.75) is 19.5 Å². The zero-order valence-electron chi connectivity index (χ0n) is 16.6. The summed E-state index contributed by atoms with van der Waals surface area (Å²) in [5, 5.41) is 4.79. The van der Waals surface area contributed by atoms with E-state index in [2.05, 4.69) is 56.4 Å². The number of rotatable bonds is 7. The van der Waals surface area contributed by atoms with Crippen molar-refractivity contribution < 1.29 is 4.39 Å². The van der Waals surface area contributed by atoms with Crippen LogP contribution in [0, 0.1) is 5.82 Å². The van der Waals surface area contributed by atoms with Gasteiger partial charge in [-0.15, -0.1) is 0 Å². The summed E-state index contributed by atoms with van der Waals surface area (Å²) in [6, 6.07) is 23.2. The number of nitrogens with one attached hydrogen (secondary N) is 2. The van der Waals surface area contributed by atoms with E-state index in [0.717, 1.165) is 48.5 Å². The van der Waals surface area contributed by atoms with E-state index in [1.165, 1.54) is 28.6 Å². The minimum atomic E-state index is -0.203. The molecule has 30 heavy (non-hydrogen) atoms. The first-order chi connectivity index (χ1) is 14.8. The number of aromatic nitrogens is 3. The van der Waals surface area contributed by atoms with Gasteiger partial charge >= 0.3 is 0 Å². The van der Waals surface area contributed by atoms with Gasteiger partial charge in [0.25, 0.3) is 0 Å². The molecular weight excluding hydrogens is 375 g/mol. The maximum Gasteiger partial charge on any atom is 0.123 e. The number of halogens is 1. The van der Waals surface area contributed by atoms with Crippen LogP contribution in [0.4, 0.5) is 4.39 Å². The lowest BCUT2D eigenvalue weighted by atomic mass is 10.2.